The highest BCUT2D eigenvalue weighted by atomic mass is 35.5. The number of benzene rings is 2. The molecule has 8 nitrogen and oxygen atoms in total. The van der Waals surface area contributed by atoms with E-state index < -0.39 is 24.1 Å². The number of aliphatic carboxylic acids is 1. The summed E-state index contributed by atoms with van der Waals surface area (Å²) in [6.45, 7) is 7.14. The van der Waals surface area contributed by atoms with Crippen molar-refractivity contribution >= 4 is 46.7 Å². The van der Waals surface area contributed by atoms with Crippen LogP contribution in [-0.2, 0) is 19.1 Å². The average molecular weight is 578 g/mol. The number of halogens is 2. The van der Waals surface area contributed by atoms with Gasteiger partial charge in [-0.3, -0.25) is 14.4 Å². The molecule has 2 aromatic carbocycles. The van der Waals surface area contributed by atoms with Crippen LogP contribution < -0.4 is 9.64 Å². The molecule has 0 aliphatic carbocycles. The van der Waals surface area contributed by atoms with E-state index in [4.69, 9.17) is 32.7 Å². The summed E-state index contributed by atoms with van der Waals surface area (Å²) >= 11 is 13.1. The molecule has 1 N–H and O–H groups in total. The number of carboxylic acid groups (broad SMARTS) is 1. The Balaban J connectivity index is 1.73. The van der Waals surface area contributed by atoms with Crippen LogP contribution in [0.3, 0.4) is 0 Å². The Bertz CT molecular complexity index is 1250. The van der Waals surface area contributed by atoms with Gasteiger partial charge in [0.1, 0.15) is 18.0 Å². The molecular formula is C29H34Cl2N2O6. The van der Waals surface area contributed by atoms with E-state index in [-0.39, 0.29) is 23.7 Å². The maximum Gasteiger partial charge on any atom is 0.306 e. The largest absolute Gasteiger partial charge is 0.497 e. The summed E-state index contributed by atoms with van der Waals surface area (Å²) in [5.74, 6) is -1.32. The van der Waals surface area contributed by atoms with Gasteiger partial charge in [0.15, 0.2) is 0 Å². The number of hydrogen-bond donors (Lipinski definition) is 1. The third-order valence-electron chi connectivity index (χ3n) is 7.08. The van der Waals surface area contributed by atoms with E-state index in [1.165, 1.54) is 0 Å². The zero-order valence-electron chi connectivity index (χ0n) is 22.6. The second kappa shape index (κ2) is 11.7. The van der Waals surface area contributed by atoms with Crippen molar-refractivity contribution in [1.82, 2.24) is 4.90 Å². The smallest absolute Gasteiger partial charge is 0.306 e. The van der Waals surface area contributed by atoms with Crippen LogP contribution in [0.4, 0.5) is 5.69 Å². The zero-order chi connectivity index (χ0) is 28.5. The minimum Gasteiger partial charge on any atom is -0.497 e. The van der Waals surface area contributed by atoms with E-state index in [1.54, 1.807) is 53.3 Å². The van der Waals surface area contributed by atoms with Crippen LogP contribution in [0.1, 0.15) is 57.3 Å². The van der Waals surface area contributed by atoms with Gasteiger partial charge < -0.3 is 24.4 Å². The van der Waals surface area contributed by atoms with Crippen LogP contribution in [0.2, 0.25) is 10.0 Å². The van der Waals surface area contributed by atoms with E-state index in [0.29, 0.717) is 65.1 Å². The maximum atomic E-state index is 14.1. The van der Waals surface area contributed by atoms with Gasteiger partial charge >= 0.3 is 5.97 Å². The van der Waals surface area contributed by atoms with Crippen molar-refractivity contribution in [3.8, 4) is 5.75 Å². The molecule has 2 aromatic rings. The van der Waals surface area contributed by atoms with Gasteiger partial charge in [-0.1, -0.05) is 50.0 Å². The van der Waals surface area contributed by atoms with Crippen LogP contribution in [0.5, 0.6) is 5.75 Å². The second-order valence-corrected chi connectivity index (χ2v) is 12.1. The zero-order valence-corrected chi connectivity index (χ0v) is 24.1. The number of rotatable bonds is 6. The number of carboxylic acids is 1. The molecule has 2 atom stereocenters. The van der Waals surface area contributed by atoms with Crippen LogP contribution >= 0.6 is 23.2 Å². The van der Waals surface area contributed by atoms with Gasteiger partial charge in [-0.05, 0) is 48.6 Å². The number of hydrogen-bond acceptors (Lipinski definition) is 5. The molecule has 10 heteroatoms. The first-order valence-electron chi connectivity index (χ1n) is 13.0. The van der Waals surface area contributed by atoms with Gasteiger partial charge in [0, 0.05) is 41.5 Å². The average Bonchev–Trinajstić information content (AvgIpc) is 2.98. The minimum absolute atomic E-state index is 0.177. The standard InChI is InChI=1S/C29H34Cl2N2O6/c1-29(2,3)16-33-23-8-5-18(30)13-21(23)26(20-7-6-19(38-4)14-22(20)31)39-24(27(33)35)15-25(34)32-11-9-17(10-12-32)28(36)37/h5-8,13-14,17,24,26H,9-12,15-16H2,1-4H3,(H,36,37). The molecule has 0 spiro atoms. The highest BCUT2D eigenvalue weighted by Gasteiger charge is 2.40. The van der Waals surface area contributed by atoms with Crippen molar-refractivity contribution in [3.63, 3.8) is 0 Å². The summed E-state index contributed by atoms with van der Waals surface area (Å²) in [6.07, 6.45) is -1.29. The first kappa shape index (κ1) is 29.2. The number of ether oxygens (including phenoxy) is 2. The second-order valence-electron chi connectivity index (χ2n) is 11.3. The van der Waals surface area contributed by atoms with Gasteiger partial charge in [-0.15, -0.1) is 0 Å². The highest BCUT2D eigenvalue weighted by molar-refractivity contribution is 6.32. The number of amides is 2. The highest BCUT2D eigenvalue weighted by Crippen LogP contribution is 2.43. The lowest BCUT2D eigenvalue weighted by Crippen LogP contribution is -2.47. The fraction of sp³-hybridized carbons (Fsp3) is 0.483. The van der Waals surface area contributed by atoms with Crippen LogP contribution in [0.25, 0.3) is 0 Å². The maximum absolute atomic E-state index is 14.1. The van der Waals surface area contributed by atoms with Crippen molar-refractivity contribution in [2.75, 3.05) is 31.6 Å². The number of methoxy groups -OCH3 is 1. The number of carbonyl (C=O) groups is 3. The molecule has 0 bridgehead atoms. The van der Waals surface area contributed by atoms with E-state index in [9.17, 15) is 19.5 Å². The molecule has 2 unspecified atom stereocenters. The van der Waals surface area contributed by atoms with Crippen LogP contribution in [-0.4, -0.2) is 60.6 Å². The Hall–Kier alpha value is -2.81. The fourth-order valence-electron chi connectivity index (χ4n) is 5.09. The lowest BCUT2D eigenvalue weighted by molar-refractivity contribution is -0.148. The van der Waals surface area contributed by atoms with E-state index >= 15 is 0 Å². The predicted octanol–water partition coefficient (Wildman–Crippen LogP) is 5.58. The molecule has 0 saturated carbocycles. The SMILES string of the molecule is COc1ccc(C2OC(CC(=O)N3CCC(C(=O)O)CC3)C(=O)N(CC(C)(C)C)c3ccc(Cl)cc32)c(Cl)c1. The third-order valence-corrected chi connectivity index (χ3v) is 7.65. The van der Waals surface area contributed by atoms with Gasteiger partial charge in [-0.2, -0.15) is 0 Å². The molecule has 2 aliphatic heterocycles. The van der Waals surface area contributed by atoms with Crippen molar-refractivity contribution in [1.29, 1.82) is 0 Å². The van der Waals surface area contributed by atoms with Crippen LogP contribution in [0.15, 0.2) is 36.4 Å². The molecule has 0 radical (unpaired) electrons. The van der Waals surface area contributed by atoms with Crippen LogP contribution in [0, 0.1) is 11.3 Å². The quantitative estimate of drug-likeness (QED) is 0.482. The van der Waals surface area contributed by atoms with Crippen molar-refractivity contribution in [2.24, 2.45) is 11.3 Å². The number of likely N-dealkylation sites (tertiary alicyclic amines) is 1. The number of carbonyl (C=O) groups excluding carboxylic acids is 2. The Labute approximate surface area is 238 Å². The third kappa shape index (κ3) is 6.68. The molecular weight excluding hydrogens is 543 g/mol. The van der Waals surface area contributed by atoms with Crippen molar-refractivity contribution in [2.45, 2.75) is 52.2 Å². The number of fused-ring (bicyclic) bond motifs is 1. The van der Waals surface area contributed by atoms with Gasteiger partial charge in [0.25, 0.3) is 5.91 Å². The molecule has 2 aliphatic rings. The molecule has 1 fully saturated rings. The normalized spacial score (nSPS) is 20.4. The summed E-state index contributed by atoms with van der Waals surface area (Å²) < 4.78 is 11.8. The van der Waals surface area contributed by atoms with Crippen molar-refractivity contribution in [3.05, 3.63) is 57.6 Å². The van der Waals surface area contributed by atoms with Crippen molar-refractivity contribution < 1.29 is 29.0 Å². The Morgan fingerprint density at radius 1 is 1.08 bits per heavy atom. The molecule has 4 rings (SSSR count). The fourth-order valence-corrected chi connectivity index (χ4v) is 5.54. The summed E-state index contributed by atoms with van der Waals surface area (Å²) in [7, 11) is 1.55. The predicted molar refractivity (Wildman–Crippen MR) is 150 cm³/mol. The molecule has 2 amide bonds. The number of piperidine rings is 1. The Kier molecular flexibility index (Phi) is 8.78. The molecule has 0 aromatic heterocycles. The number of nitrogens with zero attached hydrogens (tertiary/aromatic N) is 2. The Morgan fingerprint density at radius 3 is 2.36 bits per heavy atom. The van der Waals surface area contributed by atoms with Gasteiger partial charge in [-0.25, -0.2) is 0 Å². The lowest BCUT2D eigenvalue weighted by Gasteiger charge is -2.33. The van der Waals surface area contributed by atoms with Gasteiger partial charge in [0.05, 0.1) is 24.5 Å². The topological polar surface area (TPSA) is 96.4 Å². The summed E-state index contributed by atoms with van der Waals surface area (Å²) in [4.78, 5) is 42.1. The minimum atomic E-state index is -1.09. The summed E-state index contributed by atoms with van der Waals surface area (Å²) in [5.41, 5.74) is 1.68. The summed E-state index contributed by atoms with van der Waals surface area (Å²) in [6, 6.07) is 10.5. The molecule has 210 valence electrons. The first-order valence-corrected chi connectivity index (χ1v) is 13.7. The Morgan fingerprint density at radius 2 is 1.77 bits per heavy atom. The van der Waals surface area contributed by atoms with Gasteiger partial charge in [0.2, 0.25) is 5.91 Å². The molecule has 1 saturated heterocycles. The first-order chi connectivity index (χ1) is 18.4. The van der Waals surface area contributed by atoms with E-state index in [0.717, 1.165) is 0 Å². The monoisotopic (exact) mass is 576 g/mol. The van der Waals surface area contributed by atoms with E-state index in [2.05, 4.69) is 0 Å². The van der Waals surface area contributed by atoms with E-state index in [1.807, 2.05) is 20.8 Å². The molecule has 39 heavy (non-hydrogen) atoms. The molecule has 2 heterocycles. The summed E-state index contributed by atoms with van der Waals surface area (Å²) in [5, 5.41) is 10.2. The lowest BCUT2D eigenvalue weighted by atomic mass is 9.94. The number of anilines is 1.